The second-order valence-corrected chi connectivity index (χ2v) is 6.19. The van der Waals surface area contributed by atoms with Gasteiger partial charge in [0.1, 0.15) is 23.1 Å². The van der Waals surface area contributed by atoms with E-state index in [0.717, 1.165) is 5.56 Å². The van der Waals surface area contributed by atoms with Crippen LogP contribution in [0.3, 0.4) is 0 Å². The van der Waals surface area contributed by atoms with Crippen molar-refractivity contribution in [1.29, 1.82) is 0 Å². The van der Waals surface area contributed by atoms with Crippen LogP contribution in [0.5, 0.6) is 11.5 Å². The molecule has 1 unspecified atom stereocenters. The number of phenols is 1. The van der Waals surface area contributed by atoms with Crippen LogP contribution >= 0.6 is 0 Å². The van der Waals surface area contributed by atoms with Crippen LogP contribution < -0.4 is 10.1 Å². The summed E-state index contributed by atoms with van der Waals surface area (Å²) in [6, 6.07) is 1.81. The number of carboxylic acids is 1. The number of ether oxygens (including phenoxy) is 2. The van der Waals surface area contributed by atoms with E-state index in [1.807, 2.05) is 0 Å². The number of alkyl carbamates (subject to hydrolysis) is 1. The third kappa shape index (κ3) is 5.69. The fourth-order valence-corrected chi connectivity index (χ4v) is 1.97. The van der Waals surface area contributed by atoms with Gasteiger partial charge in [0.05, 0.1) is 7.11 Å². The number of rotatable bonds is 5. The van der Waals surface area contributed by atoms with E-state index in [1.165, 1.54) is 13.2 Å². The average Bonchev–Trinajstić information content (AvgIpc) is 2.38. The maximum absolute atomic E-state index is 11.7. The Morgan fingerprint density at radius 2 is 1.91 bits per heavy atom. The van der Waals surface area contributed by atoms with E-state index in [0.29, 0.717) is 11.3 Å². The third-order valence-corrected chi connectivity index (χ3v) is 3.01. The van der Waals surface area contributed by atoms with E-state index in [-0.39, 0.29) is 12.2 Å². The standard InChI is InChI=1S/C16H23NO6/c1-9-6-12(18)10(8-13(9)22-5)7-11(14(19)20)17-15(21)23-16(2,3)4/h6,8,11,18H,7H2,1-5H3,(H,17,21)(H,19,20). The number of aryl methyl sites for hydroxylation is 1. The van der Waals surface area contributed by atoms with E-state index in [9.17, 15) is 19.8 Å². The molecule has 0 saturated heterocycles. The molecule has 0 saturated carbocycles. The van der Waals surface area contributed by atoms with Crippen molar-refractivity contribution in [3.63, 3.8) is 0 Å². The molecule has 0 aromatic heterocycles. The molecule has 1 aromatic carbocycles. The second-order valence-electron chi connectivity index (χ2n) is 6.19. The van der Waals surface area contributed by atoms with Crippen molar-refractivity contribution < 1.29 is 29.3 Å². The van der Waals surface area contributed by atoms with E-state index >= 15 is 0 Å². The van der Waals surface area contributed by atoms with Gasteiger partial charge < -0.3 is 25.0 Å². The van der Waals surface area contributed by atoms with E-state index in [1.54, 1.807) is 33.8 Å². The van der Waals surface area contributed by atoms with Crippen molar-refractivity contribution in [2.45, 2.75) is 45.8 Å². The molecule has 0 heterocycles. The van der Waals surface area contributed by atoms with Crippen LogP contribution in [0, 0.1) is 6.92 Å². The van der Waals surface area contributed by atoms with Gasteiger partial charge in [0.2, 0.25) is 0 Å². The molecule has 0 spiro atoms. The number of amides is 1. The minimum absolute atomic E-state index is 0.0551. The molecule has 0 aliphatic carbocycles. The summed E-state index contributed by atoms with van der Waals surface area (Å²) in [4.78, 5) is 23.1. The van der Waals surface area contributed by atoms with Gasteiger partial charge >= 0.3 is 12.1 Å². The van der Waals surface area contributed by atoms with Crippen LogP contribution in [0.4, 0.5) is 4.79 Å². The summed E-state index contributed by atoms with van der Waals surface area (Å²) in [7, 11) is 1.48. The first kappa shape index (κ1) is 18.6. The summed E-state index contributed by atoms with van der Waals surface area (Å²) >= 11 is 0. The van der Waals surface area contributed by atoms with E-state index < -0.39 is 23.7 Å². The van der Waals surface area contributed by atoms with Crippen molar-refractivity contribution in [2.24, 2.45) is 0 Å². The number of carbonyl (C=O) groups is 2. The molecule has 1 rings (SSSR count). The highest BCUT2D eigenvalue weighted by Crippen LogP contribution is 2.28. The van der Waals surface area contributed by atoms with Crippen molar-refractivity contribution >= 4 is 12.1 Å². The first-order valence-corrected chi connectivity index (χ1v) is 7.12. The topological polar surface area (TPSA) is 105 Å². The number of phenolic OH excluding ortho intramolecular Hbond substituents is 1. The van der Waals surface area contributed by atoms with Crippen molar-refractivity contribution in [1.82, 2.24) is 5.32 Å². The fraction of sp³-hybridized carbons (Fsp3) is 0.500. The molecular weight excluding hydrogens is 302 g/mol. The van der Waals surface area contributed by atoms with Crippen LogP contribution in [0.2, 0.25) is 0 Å². The fourth-order valence-electron chi connectivity index (χ4n) is 1.97. The molecule has 0 bridgehead atoms. The van der Waals surface area contributed by atoms with Crippen LogP contribution in [-0.2, 0) is 16.0 Å². The van der Waals surface area contributed by atoms with Gasteiger partial charge in [-0.25, -0.2) is 9.59 Å². The zero-order chi connectivity index (χ0) is 17.8. The molecule has 0 aliphatic heterocycles. The number of carboxylic acid groups (broad SMARTS) is 1. The lowest BCUT2D eigenvalue weighted by Crippen LogP contribution is -2.44. The number of aromatic hydroxyl groups is 1. The predicted molar refractivity (Wildman–Crippen MR) is 83.9 cm³/mol. The molecule has 23 heavy (non-hydrogen) atoms. The highest BCUT2D eigenvalue weighted by atomic mass is 16.6. The Kier molecular flexibility index (Phi) is 5.84. The highest BCUT2D eigenvalue weighted by molar-refractivity contribution is 5.80. The first-order valence-electron chi connectivity index (χ1n) is 7.12. The van der Waals surface area contributed by atoms with Crippen LogP contribution in [-0.4, -0.2) is 41.0 Å². The number of carbonyl (C=O) groups excluding carboxylic acids is 1. The summed E-state index contributed by atoms with van der Waals surface area (Å²) in [6.45, 7) is 6.80. The molecule has 128 valence electrons. The Hall–Kier alpha value is -2.44. The van der Waals surface area contributed by atoms with Gasteiger partial charge in [0.15, 0.2) is 0 Å². The molecule has 1 atom stereocenters. The van der Waals surface area contributed by atoms with Gasteiger partial charge in [0, 0.05) is 12.0 Å². The van der Waals surface area contributed by atoms with Crippen LogP contribution in [0.15, 0.2) is 12.1 Å². The lowest BCUT2D eigenvalue weighted by atomic mass is 10.0. The molecule has 7 heteroatoms. The molecule has 0 fully saturated rings. The summed E-state index contributed by atoms with van der Waals surface area (Å²) in [6.07, 6.45) is -0.930. The normalized spacial score (nSPS) is 12.4. The Labute approximate surface area is 135 Å². The molecule has 7 nitrogen and oxygen atoms in total. The largest absolute Gasteiger partial charge is 0.508 e. The average molecular weight is 325 g/mol. The number of benzene rings is 1. The zero-order valence-electron chi connectivity index (χ0n) is 14.0. The summed E-state index contributed by atoms with van der Waals surface area (Å²) < 4.78 is 10.2. The Morgan fingerprint density at radius 3 is 2.39 bits per heavy atom. The van der Waals surface area contributed by atoms with Crippen molar-refractivity contribution in [3.05, 3.63) is 23.3 Å². The smallest absolute Gasteiger partial charge is 0.408 e. The van der Waals surface area contributed by atoms with Gasteiger partial charge in [-0.2, -0.15) is 0 Å². The predicted octanol–water partition coefficient (Wildman–Crippen LogP) is 2.23. The maximum Gasteiger partial charge on any atom is 0.408 e. The summed E-state index contributed by atoms with van der Waals surface area (Å²) in [5, 5.41) is 21.5. The van der Waals surface area contributed by atoms with Gasteiger partial charge in [-0.05, 0) is 45.4 Å². The highest BCUT2D eigenvalue weighted by Gasteiger charge is 2.25. The van der Waals surface area contributed by atoms with Gasteiger partial charge in [-0.3, -0.25) is 0 Å². The minimum Gasteiger partial charge on any atom is -0.508 e. The number of methoxy groups -OCH3 is 1. The van der Waals surface area contributed by atoms with Crippen LogP contribution in [0.1, 0.15) is 31.9 Å². The number of nitrogens with one attached hydrogen (secondary N) is 1. The monoisotopic (exact) mass is 325 g/mol. The minimum atomic E-state index is -1.23. The molecule has 1 amide bonds. The number of aliphatic carboxylic acids is 1. The molecule has 3 N–H and O–H groups in total. The summed E-state index contributed by atoms with van der Waals surface area (Å²) in [5.74, 6) is -0.755. The maximum atomic E-state index is 11.7. The Morgan fingerprint density at radius 1 is 1.30 bits per heavy atom. The van der Waals surface area contributed by atoms with E-state index in [2.05, 4.69) is 5.32 Å². The second kappa shape index (κ2) is 7.21. The molecule has 0 aliphatic rings. The van der Waals surface area contributed by atoms with Crippen LogP contribution in [0.25, 0.3) is 0 Å². The molecule has 1 aromatic rings. The quantitative estimate of drug-likeness (QED) is 0.767. The van der Waals surface area contributed by atoms with Gasteiger partial charge in [-0.15, -0.1) is 0 Å². The SMILES string of the molecule is COc1cc(CC(NC(=O)OC(C)(C)C)C(=O)O)c(O)cc1C. The Bertz CT molecular complexity index is 591. The lowest BCUT2D eigenvalue weighted by molar-refractivity contribution is -0.139. The lowest BCUT2D eigenvalue weighted by Gasteiger charge is -2.22. The number of hydrogen-bond acceptors (Lipinski definition) is 5. The third-order valence-electron chi connectivity index (χ3n) is 3.01. The zero-order valence-corrected chi connectivity index (χ0v) is 14.0. The first-order chi connectivity index (χ1) is 10.5. The van der Waals surface area contributed by atoms with Crippen molar-refractivity contribution in [2.75, 3.05) is 7.11 Å². The molecular formula is C16H23NO6. The van der Waals surface area contributed by atoms with Crippen molar-refractivity contribution in [3.8, 4) is 11.5 Å². The Balaban J connectivity index is 2.93. The summed E-state index contributed by atoms with van der Waals surface area (Å²) in [5.41, 5.74) is 0.346. The number of hydrogen-bond donors (Lipinski definition) is 3. The van der Waals surface area contributed by atoms with Gasteiger partial charge in [-0.1, -0.05) is 0 Å². The van der Waals surface area contributed by atoms with E-state index in [4.69, 9.17) is 9.47 Å². The van der Waals surface area contributed by atoms with Gasteiger partial charge in [0.25, 0.3) is 0 Å². The molecule has 0 radical (unpaired) electrons.